The summed E-state index contributed by atoms with van der Waals surface area (Å²) in [5.41, 5.74) is 2.92. The van der Waals surface area contributed by atoms with E-state index in [1.165, 1.54) is 0 Å². The van der Waals surface area contributed by atoms with Gasteiger partial charge in [0.1, 0.15) is 5.75 Å². The lowest BCUT2D eigenvalue weighted by molar-refractivity contribution is -0.111. The quantitative estimate of drug-likeness (QED) is 0.454. The molecule has 2 aromatic carbocycles. The Bertz CT molecular complexity index is 717. The standard InChI is InChI=1S/C23H30N2O2/c1-4-7-18-27-22-15-8-19(9-16-22)10-17-23(26)24-20-11-13-21(14-12-20)25(5-2)6-3/h8-17H,4-7,18H2,1-3H3,(H,24,26). The second kappa shape index (κ2) is 11.1. The Morgan fingerprint density at radius 3 is 2.26 bits per heavy atom. The first-order valence-corrected chi connectivity index (χ1v) is 9.73. The average molecular weight is 367 g/mol. The molecular formula is C23H30N2O2. The molecule has 1 N–H and O–H groups in total. The molecule has 144 valence electrons. The molecule has 2 aromatic rings. The molecule has 1 amide bonds. The number of nitrogens with one attached hydrogen (secondary N) is 1. The van der Waals surface area contributed by atoms with Crippen LogP contribution in [-0.4, -0.2) is 25.6 Å². The summed E-state index contributed by atoms with van der Waals surface area (Å²) < 4.78 is 5.64. The van der Waals surface area contributed by atoms with Gasteiger partial charge < -0.3 is 15.0 Å². The Hall–Kier alpha value is -2.75. The molecule has 4 nitrogen and oxygen atoms in total. The van der Waals surface area contributed by atoms with E-state index in [-0.39, 0.29) is 5.91 Å². The lowest BCUT2D eigenvalue weighted by Gasteiger charge is -2.21. The van der Waals surface area contributed by atoms with Crippen molar-refractivity contribution >= 4 is 23.4 Å². The van der Waals surface area contributed by atoms with Gasteiger partial charge in [-0.1, -0.05) is 25.5 Å². The van der Waals surface area contributed by atoms with Gasteiger partial charge >= 0.3 is 0 Å². The summed E-state index contributed by atoms with van der Waals surface area (Å²) in [6.07, 6.45) is 5.52. The van der Waals surface area contributed by atoms with E-state index in [0.717, 1.165) is 55.2 Å². The maximum absolute atomic E-state index is 12.1. The second-order valence-corrected chi connectivity index (χ2v) is 6.31. The van der Waals surface area contributed by atoms with Crippen LogP contribution in [0.1, 0.15) is 39.2 Å². The second-order valence-electron chi connectivity index (χ2n) is 6.31. The highest BCUT2D eigenvalue weighted by molar-refractivity contribution is 6.02. The van der Waals surface area contributed by atoms with Gasteiger partial charge in [-0.15, -0.1) is 0 Å². The van der Waals surface area contributed by atoms with Crippen LogP contribution in [0.25, 0.3) is 6.08 Å². The molecule has 0 aliphatic heterocycles. The smallest absolute Gasteiger partial charge is 0.248 e. The maximum atomic E-state index is 12.1. The molecule has 0 spiro atoms. The number of carbonyl (C=O) groups is 1. The zero-order valence-electron chi connectivity index (χ0n) is 16.6. The van der Waals surface area contributed by atoms with Crippen molar-refractivity contribution in [3.05, 3.63) is 60.2 Å². The Morgan fingerprint density at radius 2 is 1.67 bits per heavy atom. The molecule has 0 saturated heterocycles. The van der Waals surface area contributed by atoms with Gasteiger partial charge in [0.15, 0.2) is 0 Å². The highest BCUT2D eigenvalue weighted by atomic mass is 16.5. The monoisotopic (exact) mass is 366 g/mol. The van der Waals surface area contributed by atoms with Crippen LogP contribution in [0.2, 0.25) is 0 Å². The van der Waals surface area contributed by atoms with Crippen LogP contribution in [0, 0.1) is 0 Å². The van der Waals surface area contributed by atoms with E-state index in [2.05, 4.69) is 31.0 Å². The van der Waals surface area contributed by atoms with Crippen LogP contribution in [0.15, 0.2) is 54.6 Å². The summed E-state index contributed by atoms with van der Waals surface area (Å²) in [7, 11) is 0. The van der Waals surface area contributed by atoms with Crippen molar-refractivity contribution < 1.29 is 9.53 Å². The lowest BCUT2D eigenvalue weighted by atomic mass is 10.2. The summed E-state index contributed by atoms with van der Waals surface area (Å²) in [4.78, 5) is 14.4. The molecule has 0 saturated carbocycles. The van der Waals surface area contributed by atoms with Crippen LogP contribution in [-0.2, 0) is 4.79 Å². The number of benzene rings is 2. The van der Waals surface area contributed by atoms with Gasteiger partial charge in [-0.05, 0) is 68.3 Å². The van der Waals surface area contributed by atoms with Crippen molar-refractivity contribution in [1.82, 2.24) is 0 Å². The SMILES string of the molecule is CCCCOc1ccc(C=CC(=O)Nc2ccc(N(CC)CC)cc2)cc1. The lowest BCUT2D eigenvalue weighted by Crippen LogP contribution is -2.21. The first-order chi connectivity index (χ1) is 13.2. The minimum absolute atomic E-state index is 0.145. The highest BCUT2D eigenvalue weighted by Crippen LogP contribution is 2.18. The molecule has 27 heavy (non-hydrogen) atoms. The number of hydrogen-bond donors (Lipinski definition) is 1. The molecule has 0 aromatic heterocycles. The third kappa shape index (κ3) is 6.81. The third-order valence-corrected chi connectivity index (χ3v) is 4.34. The van der Waals surface area contributed by atoms with E-state index in [0.29, 0.717) is 0 Å². The van der Waals surface area contributed by atoms with Crippen molar-refractivity contribution in [1.29, 1.82) is 0 Å². The highest BCUT2D eigenvalue weighted by Gasteiger charge is 2.03. The van der Waals surface area contributed by atoms with Crippen LogP contribution in [0.5, 0.6) is 5.75 Å². The molecular weight excluding hydrogens is 336 g/mol. The Balaban J connectivity index is 1.87. The zero-order chi connectivity index (χ0) is 19.5. The summed E-state index contributed by atoms with van der Waals surface area (Å²) in [6, 6.07) is 15.7. The molecule has 0 fully saturated rings. The van der Waals surface area contributed by atoms with Crippen molar-refractivity contribution in [3.8, 4) is 5.75 Å². The first-order valence-electron chi connectivity index (χ1n) is 9.73. The molecule has 0 radical (unpaired) electrons. The molecule has 0 bridgehead atoms. The van der Waals surface area contributed by atoms with Crippen LogP contribution < -0.4 is 15.0 Å². The number of hydrogen-bond acceptors (Lipinski definition) is 3. The molecule has 0 unspecified atom stereocenters. The minimum Gasteiger partial charge on any atom is -0.494 e. The fraction of sp³-hybridized carbons (Fsp3) is 0.348. The van der Waals surface area contributed by atoms with Crippen LogP contribution in [0.4, 0.5) is 11.4 Å². The predicted molar refractivity (Wildman–Crippen MR) is 115 cm³/mol. The number of carbonyl (C=O) groups excluding carboxylic acids is 1. The van der Waals surface area contributed by atoms with E-state index in [1.807, 2.05) is 48.5 Å². The summed E-state index contributed by atoms with van der Waals surface area (Å²) in [5, 5.41) is 2.89. The predicted octanol–water partition coefficient (Wildman–Crippen LogP) is 5.36. The van der Waals surface area contributed by atoms with E-state index < -0.39 is 0 Å². The molecule has 0 aliphatic carbocycles. The molecule has 4 heteroatoms. The van der Waals surface area contributed by atoms with Gasteiger partial charge in [-0.2, -0.15) is 0 Å². The molecule has 0 atom stereocenters. The van der Waals surface area contributed by atoms with E-state index >= 15 is 0 Å². The van der Waals surface area contributed by atoms with Gasteiger partial charge in [0.05, 0.1) is 6.61 Å². The Labute approximate surface area is 162 Å². The zero-order valence-corrected chi connectivity index (χ0v) is 16.6. The fourth-order valence-corrected chi connectivity index (χ4v) is 2.71. The van der Waals surface area contributed by atoms with Crippen molar-refractivity contribution in [2.75, 3.05) is 29.9 Å². The van der Waals surface area contributed by atoms with Gasteiger partial charge in [0, 0.05) is 30.5 Å². The number of nitrogens with zero attached hydrogens (tertiary/aromatic N) is 1. The number of amides is 1. The fourth-order valence-electron chi connectivity index (χ4n) is 2.71. The molecule has 0 heterocycles. The average Bonchev–Trinajstić information content (AvgIpc) is 2.70. The number of rotatable bonds is 10. The van der Waals surface area contributed by atoms with Crippen LogP contribution >= 0.6 is 0 Å². The summed E-state index contributed by atoms with van der Waals surface area (Å²) in [5.74, 6) is 0.715. The van der Waals surface area contributed by atoms with E-state index in [4.69, 9.17) is 4.74 Å². The topological polar surface area (TPSA) is 41.6 Å². The maximum Gasteiger partial charge on any atom is 0.248 e. The largest absolute Gasteiger partial charge is 0.494 e. The first kappa shape index (κ1) is 20.6. The van der Waals surface area contributed by atoms with Crippen molar-refractivity contribution in [2.24, 2.45) is 0 Å². The van der Waals surface area contributed by atoms with Crippen molar-refractivity contribution in [2.45, 2.75) is 33.6 Å². The number of ether oxygens (including phenoxy) is 1. The van der Waals surface area contributed by atoms with Crippen LogP contribution in [0.3, 0.4) is 0 Å². The Morgan fingerprint density at radius 1 is 1.00 bits per heavy atom. The summed E-state index contributed by atoms with van der Waals surface area (Å²) in [6.45, 7) is 9.07. The number of unbranched alkanes of at least 4 members (excludes halogenated alkanes) is 1. The van der Waals surface area contributed by atoms with Gasteiger partial charge in [-0.3, -0.25) is 4.79 Å². The van der Waals surface area contributed by atoms with Gasteiger partial charge in [0.2, 0.25) is 5.91 Å². The number of anilines is 2. The van der Waals surface area contributed by atoms with E-state index in [1.54, 1.807) is 12.2 Å². The van der Waals surface area contributed by atoms with Gasteiger partial charge in [0.25, 0.3) is 0 Å². The van der Waals surface area contributed by atoms with Gasteiger partial charge in [-0.25, -0.2) is 0 Å². The van der Waals surface area contributed by atoms with Crippen molar-refractivity contribution in [3.63, 3.8) is 0 Å². The molecule has 2 rings (SSSR count). The van der Waals surface area contributed by atoms with E-state index in [9.17, 15) is 4.79 Å². The normalized spacial score (nSPS) is 10.8. The minimum atomic E-state index is -0.145. The Kier molecular flexibility index (Phi) is 8.43. The third-order valence-electron chi connectivity index (χ3n) is 4.34. The summed E-state index contributed by atoms with van der Waals surface area (Å²) >= 11 is 0. The molecule has 0 aliphatic rings.